The van der Waals surface area contributed by atoms with Crippen molar-refractivity contribution in [3.05, 3.63) is 0 Å². The summed E-state index contributed by atoms with van der Waals surface area (Å²) in [5.74, 6) is -0.103. The molecule has 1 atom stereocenters. The number of carbonyl (C=O) groups excluding carboxylic acids is 1. The van der Waals surface area contributed by atoms with Gasteiger partial charge in [0.05, 0.1) is 12.0 Å². The van der Waals surface area contributed by atoms with Gasteiger partial charge >= 0.3 is 0 Å². The van der Waals surface area contributed by atoms with Crippen LogP contribution in [0.4, 0.5) is 0 Å². The lowest BCUT2D eigenvalue weighted by Gasteiger charge is -2.21. The minimum Gasteiger partial charge on any atom is -0.395 e. The first kappa shape index (κ1) is 9.72. The number of alkyl halides is 1. The van der Waals surface area contributed by atoms with E-state index in [4.69, 9.17) is 16.7 Å². The zero-order valence-corrected chi connectivity index (χ0v) is 6.90. The molecule has 10 heavy (non-hydrogen) atoms. The molecule has 3 nitrogen and oxygen atoms in total. The van der Waals surface area contributed by atoms with Gasteiger partial charge in [-0.1, -0.05) is 0 Å². The molecular formula is C6H12ClNO2. The fourth-order valence-corrected chi connectivity index (χ4v) is 0.682. The van der Waals surface area contributed by atoms with Gasteiger partial charge in [-0.05, 0) is 6.92 Å². The molecule has 0 spiro atoms. The Morgan fingerprint density at radius 2 is 2.30 bits per heavy atom. The SMILES string of the molecule is CNC(=O)C(C)(CO)CCl. The summed E-state index contributed by atoms with van der Waals surface area (Å²) in [7, 11) is 1.52. The Morgan fingerprint density at radius 3 is 2.40 bits per heavy atom. The molecule has 1 amide bonds. The van der Waals surface area contributed by atoms with Gasteiger partial charge in [-0.2, -0.15) is 0 Å². The highest BCUT2D eigenvalue weighted by Gasteiger charge is 2.30. The van der Waals surface area contributed by atoms with Gasteiger partial charge in [0.1, 0.15) is 0 Å². The average Bonchev–Trinajstić information content (AvgIpc) is 2.01. The molecule has 4 heteroatoms. The Bertz CT molecular complexity index is 123. The van der Waals surface area contributed by atoms with Crippen LogP contribution in [0.3, 0.4) is 0 Å². The van der Waals surface area contributed by atoms with Gasteiger partial charge < -0.3 is 10.4 Å². The fraction of sp³-hybridized carbons (Fsp3) is 0.833. The minimum absolute atomic E-state index is 0.128. The third kappa shape index (κ3) is 1.85. The van der Waals surface area contributed by atoms with Gasteiger partial charge in [-0.25, -0.2) is 0 Å². The summed E-state index contributed by atoms with van der Waals surface area (Å²) >= 11 is 5.46. The number of amides is 1. The minimum atomic E-state index is -0.837. The van der Waals surface area contributed by atoms with Crippen LogP contribution in [0.2, 0.25) is 0 Å². The van der Waals surface area contributed by atoms with Crippen molar-refractivity contribution in [2.45, 2.75) is 6.92 Å². The van der Waals surface area contributed by atoms with E-state index in [0.29, 0.717) is 0 Å². The molecule has 0 aliphatic heterocycles. The normalized spacial score (nSPS) is 16.0. The van der Waals surface area contributed by atoms with Crippen molar-refractivity contribution in [1.29, 1.82) is 0 Å². The molecule has 0 radical (unpaired) electrons. The number of hydrogen-bond acceptors (Lipinski definition) is 2. The molecule has 0 aliphatic carbocycles. The molecule has 60 valence electrons. The van der Waals surface area contributed by atoms with Crippen LogP contribution in [0.5, 0.6) is 0 Å². The fourth-order valence-electron chi connectivity index (χ4n) is 0.477. The van der Waals surface area contributed by atoms with Crippen molar-refractivity contribution in [3.63, 3.8) is 0 Å². The molecular weight excluding hydrogens is 154 g/mol. The molecule has 0 rings (SSSR count). The molecule has 1 unspecified atom stereocenters. The first-order chi connectivity index (χ1) is 4.60. The Balaban J connectivity index is 4.17. The third-order valence-electron chi connectivity index (χ3n) is 1.42. The van der Waals surface area contributed by atoms with Gasteiger partial charge in [-0.3, -0.25) is 4.79 Å². The molecule has 0 aromatic heterocycles. The Kier molecular flexibility index (Phi) is 3.68. The second-order valence-corrected chi connectivity index (χ2v) is 2.70. The lowest BCUT2D eigenvalue weighted by molar-refractivity contribution is -0.130. The standard InChI is InChI=1S/C6H12ClNO2/c1-6(3-7,4-9)5(10)8-2/h9H,3-4H2,1-2H3,(H,8,10). The van der Waals surface area contributed by atoms with Crippen LogP contribution in [0, 0.1) is 5.41 Å². The van der Waals surface area contributed by atoms with Crippen LogP contribution in [0.1, 0.15) is 6.92 Å². The Morgan fingerprint density at radius 1 is 1.80 bits per heavy atom. The molecule has 0 aliphatic rings. The highest BCUT2D eigenvalue weighted by Crippen LogP contribution is 2.16. The number of rotatable bonds is 3. The van der Waals surface area contributed by atoms with Gasteiger partial charge in [0.15, 0.2) is 0 Å². The van der Waals surface area contributed by atoms with E-state index in [-0.39, 0.29) is 18.4 Å². The summed E-state index contributed by atoms with van der Waals surface area (Å²) in [6.45, 7) is 1.38. The molecule has 0 saturated heterocycles. The number of aliphatic hydroxyl groups is 1. The monoisotopic (exact) mass is 165 g/mol. The third-order valence-corrected chi connectivity index (χ3v) is 2.01. The largest absolute Gasteiger partial charge is 0.395 e. The maximum Gasteiger partial charge on any atom is 0.229 e. The van der Waals surface area contributed by atoms with Crippen molar-refractivity contribution < 1.29 is 9.90 Å². The smallest absolute Gasteiger partial charge is 0.229 e. The maximum atomic E-state index is 10.9. The molecule has 0 aromatic carbocycles. The van der Waals surface area contributed by atoms with Gasteiger partial charge in [0.25, 0.3) is 0 Å². The second kappa shape index (κ2) is 3.78. The van der Waals surface area contributed by atoms with Gasteiger partial charge in [0, 0.05) is 12.9 Å². The summed E-state index contributed by atoms with van der Waals surface area (Å²) in [6, 6.07) is 0. The molecule has 0 saturated carbocycles. The average molecular weight is 166 g/mol. The van der Waals surface area contributed by atoms with E-state index < -0.39 is 5.41 Å². The van der Waals surface area contributed by atoms with Crippen molar-refractivity contribution >= 4 is 17.5 Å². The van der Waals surface area contributed by atoms with E-state index in [1.165, 1.54) is 7.05 Å². The lowest BCUT2D eigenvalue weighted by atomic mass is 9.94. The van der Waals surface area contributed by atoms with Crippen molar-refractivity contribution in [1.82, 2.24) is 5.32 Å². The van der Waals surface area contributed by atoms with Gasteiger partial charge in [0.2, 0.25) is 5.91 Å². The van der Waals surface area contributed by atoms with Crippen LogP contribution < -0.4 is 5.32 Å². The Hall–Kier alpha value is -0.280. The predicted molar refractivity (Wildman–Crippen MR) is 40.0 cm³/mol. The summed E-state index contributed by atoms with van der Waals surface area (Å²) in [5, 5.41) is 11.2. The summed E-state index contributed by atoms with van der Waals surface area (Å²) in [6.07, 6.45) is 0. The van der Waals surface area contributed by atoms with Crippen LogP contribution in [0.15, 0.2) is 0 Å². The van der Waals surface area contributed by atoms with Crippen molar-refractivity contribution in [3.8, 4) is 0 Å². The summed E-state index contributed by atoms with van der Waals surface area (Å²) in [4.78, 5) is 10.9. The lowest BCUT2D eigenvalue weighted by Crippen LogP contribution is -2.41. The highest BCUT2D eigenvalue weighted by molar-refractivity contribution is 6.19. The Labute approximate surface area is 65.4 Å². The number of hydrogen-bond donors (Lipinski definition) is 2. The number of carbonyl (C=O) groups is 1. The van der Waals surface area contributed by atoms with Crippen LogP contribution in [-0.2, 0) is 4.79 Å². The van der Waals surface area contributed by atoms with Crippen LogP contribution >= 0.6 is 11.6 Å². The molecule has 2 N–H and O–H groups in total. The van der Waals surface area contributed by atoms with E-state index in [2.05, 4.69) is 5.32 Å². The highest BCUT2D eigenvalue weighted by atomic mass is 35.5. The van der Waals surface area contributed by atoms with E-state index in [9.17, 15) is 4.79 Å². The van der Waals surface area contributed by atoms with E-state index in [0.717, 1.165) is 0 Å². The predicted octanol–water partition coefficient (Wildman–Crippen LogP) is -0.0302. The van der Waals surface area contributed by atoms with Crippen LogP contribution in [0.25, 0.3) is 0 Å². The van der Waals surface area contributed by atoms with Crippen molar-refractivity contribution in [2.75, 3.05) is 19.5 Å². The summed E-state index contributed by atoms with van der Waals surface area (Å²) in [5.41, 5.74) is -0.837. The first-order valence-electron chi connectivity index (χ1n) is 2.99. The van der Waals surface area contributed by atoms with Crippen molar-refractivity contribution in [2.24, 2.45) is 5.41 Å². The van der Waals surface area contributed by atoms with E-state index in [1.807, 2.05) is 0 Å². The van der Waals surface area contributed by atoms with E-state index in [1.54, 1.807) is 6.92 Å². The zero-order valence-electron chi connectivity index (χ0n) is 6.15. The first-order valence-corrected chi connectivity index (χ1v) is 3.53. The maximum absolute atomic E-state index is 10.9. The zero-order chi connectivity index (χ0) is 8.20. The molecule has 0 heterocycles. The molecule has 0 aromatic rings. The van der Waals surface area contributed by atoms with Crippen LogP contribution in [-0.4, -0.2) is 30.5 Å². The number of nitrogens with one attached hydrogen (secondary N) is 1. The summed E-state index contributed by atoms with van der Waals surface area (Å²) < 4.78 is 0. The number of aliphatic hydroxyl groups excluding tert-OH is 1. The second-order valence-electron chi connectivity index (χ2n) is 2.43. The quantitative estimate of drug-likeness (QED) is 0.577. The van der Waals surface area contributed by atoms with Gasteiger partial charge in [-0.15, -0.1) is 11.6 Å². The van der Waals surface area contributed by atoms with E-state index >= 15 is 0 Å². The topological polar surface area (TPSA) is 49.3 Å². The number of halogens is 1. The molecule has 0 bridgehead atoms. The molecule has 0 fully saturated rings.